The van der Waals surface area contributed by atoms with E-state index in [1.165, 1.54) is 18.1 Å². The van der Waals surface area contributed by atoms with Gasteiger partial charge in [-0.3, -0.25) is 19.7 Å². The van der Waals surface area contributed by atoms with E-state index in [2.05, 4.69) is 30.5 Å². The Bertz CT molecular complexity index is 1250. The molecule has 4 aromatic rings. The number of aromatic nitrogens is 6. The minimum atomic E-state index is -0.738. The highest BCUT2D eigenvalue weighted by Gasteiger charge is 2.10. The molecule has 4 rings (SSSR count). The zero-order chi connectivity index (χ0) is 19.5. The smallest absolute Gasteiger partial charge is 0.321 e. The van der Waals surface area contributed by atoms with Gasteiger partial charge in [-0.15, -0.1) is 11.8 Å². The van der Waals surface area contributed by atoms with Gasteiger partial charge >= 0.3 is 5.69 Å². The Balaban J connectivity index is 1.48. The average Bonchev–Trinajstić information content (AvgIpc) is 3.15. The van der Waals surface area contributed by atoms with Crippen LogP contribution in [0.4, 0.5) is 5.69 Å². The molecule has 0 saturated heterocycles. The van der Waals surface area contributed by atoms with E-state index in [-0.39, 0.29) is 5.69 Å². The number of carbonyl (C=O) groups excluding carboxylic acids is 1. The minimum absolute atomic E-state index is 0.114. The Hall–Kier alpha value is -3.73. The van der Waals surface area contributed by atoms with E-state index in [1.54, 1.807) is 18.3 Å². The summed E-state index contributed by atoms with van der Waals surface area (Å²) in [5, 5.41) is 11.1. The van der Waals surface area contributed by atoms with Crippen molar-refractivity contribution in [3.63, 3.8) is 0 Å². The summed E-state index contributed by atoms with van der Waals surface area (Å²) in [5.74, 6) is 0.0342. The number of benzene rings is 1. The van der Waals surface area contributed by atoms with E-state index >= 15 is 0 Å². The van der Waals surface area contributed by atoms with Crippen molar-refractivity contribution in [3.05, 3.63) is 75.0 Å². The summed E-state index contributed by atoms with van der Waals surface area (Å²) in [7, 11) is 0. The molecule has 0 atom stereocenters. The molecule has 0 bridgehead atoms. The fourth-order valence-corrected chi connectivity index (χ4v) is 3.45. The number of aromatic amines is 3. The van der Waals surface area contributed by atoms with Gasteiger partial charge in [0, 0.05) is 17.5 Å². The summed E-state index contributed by atoms with van der Waals surface area (Å²) in [6.45, 7) is 0. The van der Waals surface area contributed by atoms with Gasteiger partial charge in [0.15, 0.2) is 5.65 Å². The first-order valence-electron chi connectivity index (χ1n) is 8.09. The zero-order valence-corrected chi connectivity index (χ0v) is 15.0. The van der Waals surface area contributed by atoms with E-state index in [0.29, 0.717) is 17.1 Å². The maximum Gasteiger partial charge on any atom is 0.326 e. The lowest BCUT2D eigenvalue weighted by molar-refractivity contribution is 0.102. The normalized spacial score (nSPS) is 10.9. The lowest BCUT2D eigenvalue weighted by Gasteiger charge is -2.07. The predicted octanol–water partition coefficient (Wildman–Crippen LogP) is 1.27. The number of thioether (sulfide) groups is 1. The fraction of sp³-hybridized carbons (Fsp3) is 0.0588. The maximum absolute atomic E-state index is 12.3. The molecule has 0 spiro atoms. The van der Waals surface area contributed by atoms with Gasteiger partial charge in [0.05, 0.1) is 11.6 Å². The van der Waals surface area contributed by atoms with Gasteiger partial charge in [0.1, 0.15) is 17.0 Å². The molecular weight excluding hydrogens is 382 g/mol. The number of hydrogen-bond acceptors (Lipinski definition) is 7. The van der Waals surface area contributed by atoms with Crippen LogP contribution in [0.5, 0.6) is 0 Å². The molecule has 0 radical (unpaired) electrons. The Labute approximate surface area is 160 Å². The number of nitrogens with zero attached hydrogens (tertiary/aromatic N) is 3. The molecule has 1 aromatic carbocycles. The van der Waals surface area contributed by atoms with Crippen LogP contribution in [0.25, 0.3) is 11.0 Å². The molecule has 0 aliphatic heterocycles. The van der Waals surface area contributed by atoms with Crippen LogP contribution >= 0.6 is 11.8 Å². The quantitative estimate of drug-likeness (QED) is 0.294. The largest absolute Gasteiger partial charge is 0.326 e. The molecule has 0 fully saturated rings. The van der Waals surface area contributed by atoms with E-state index in [0.717, 1.165) is 22.0 Å². The Morgan fingerprint density at radius 2 is 2.04 bits per heavy atom. The Morgan fingerprint density at radius 1 is 1.14 bits per heavy atom. The van der Waals surface area contributed by atoms with E-state index in [9.17, 15) is 14.4 Å². The number of nitrogens with one attached hydrogen (secondary N) is 4. The van der Waals surface area contributed by atoms with Crippen LogP contribution in [0.2, 0.25) is 0 Å². The number of rotatable bonds is 5. The summed E-state index contributed by atoms with van der Waals surface area (Å²) in [6, 6.07) is 8.28. The molecule has 3 heterocycles. The molecule has 28 heavy (non-hydrogen) atoms. The van der Waals surface area contributed by atoms with Crippen molar-refractivity contribution in [1.82, 2.24) is 30.1 Å². The third-order valence-electron chi connectivity index (χ3n) is 3.78. The predicted molar refractivity (Wildman–Crippen MR) is 103 cm³/mol. The number of H-pyrrole nitrogens is 3. The lowest BCUT2D eigenvalue weighted by Crippen LogP contribution is -2.27. The zero-order valence-electron chi connectivity index (χ0n) is 14.2. The molecule has 0 saturated carbocycles. The highest BCUT2D eigenvalue weighted by Crippen LogP contribution is 2.27. The molecule has 1 amide bonds. The van der Waals surface area contributed by atoms with E-state index < -0.39 is 17.2 Å². The van der Waals surface area contributed by atoms with Crippen LogP contribution in [0.1, 0.15) is 16.1 Å². The van der Waals surface area contributed by atoms with Crippen molar-refractivity contribution in [1.29, 1.82) is 0 Å². The van der Waals surface area contributed by atoms with Crippen molar-refractivity contribution in [2.75, 3.05) is 5.32 Å². The van der Waals surface area contributed by atoms with Gasteiger partial charge in [-0.05, 0) is 17.7 Å². The van der Waals surface area contributed by atoms with Gasteiger partial charge in [0.2, 0.25) is 0 Å². The highest BCUT2D eigenvalue weighted by atomic mass is 32.2. The first kappa shape index (κ1) is 17.7. The third-order valence-corrected chi connectivity index (χ3v) is 4.85. The maximum atomic E-state index is 12.3. The second kappa shape index (κ2) is 7.48. The van der Waals surface area contributed by atoms with Crippen LogP contribution in [0, 0.1) is 0 Å². The summed E-state index contributed by atoms with van der Waals surface area (Å²) in [6.07, 6.45) is 3.15. The van der Waals surface area contributed by atoms with Gasteiger partial charge in [0.25, 0.3) is 11.5 Å². The Kier molecular flexibility index (Phi) is 4.72. The first-order valence-corrected chi connectivity index (χ1v) is 9.08. The molecule has 0 unspecified atom stereocenters. The minimum Gasteiger partial charge on any atom is -0.321 e. The molecule has 0 aliphatic rings. The summed E-state index contributed by atoms with van der Waals surface area (Å²) >= 11 is 1.52. The van der Waals surface area contributed by atoms with E-state index in [4.69, 9.17) is 0 Å². The number of hydrogen-bond donors (Lipinski definition) is 4. The Morgan fingerprint density at radius 3 is 2.89 bits per heavy atom. The summed E-state index contributed by atoms with van der Waals surface area (Å²) in [5.41, 5.74) is 0.674. The number of anilines is 1. The van der Waals surface area contributed by atoms with Crippen LogP contribution in [0.3, 0.4) is 0 Å². The van der Waals surface area contributed by atoms with Gasteiger partial charge in [-0.1, -0.05) is 12.1 Å². The molecule has 10 nitrogen and oxygen atoms in total. The third kappa shape index (κ3) is 3.83. The van der Waals surface area contributed by atoms with Crippen molar-refractivity contribution in [2.24, 2.45) is 0 Å². The SMILES string of the molecule is O=C(Nc1cccc(CSc2ncnc3[nH]ncc23)c1)c1cc(=O)[nH]c(=O)[nH]1. The van der Waals surface area contributed by atoms with Crippen molar-refractivity contribution in [3.8, 4) is 0 Å². The van der Waals surface area contributed by atoms with Crippen molar-refractivity contribution in [2.45, 2.75) is 10.8 Å². The van der Waals surface area contributed by atoms with Crippen LogP contribution in [0.15, 0.2) is 57.5 Å². The number of amides is 1. The fourth-order valence-electron chi connectivity index (χ4n) is 2.54. The molecular formula is C17H13N7O3S. The van der Waals surface area contributed by atoms with Crippen LogP contribution in [-0.2, 0) is 5.75 Å². The standard InChI is InChI=1S/C17H13N7O3S/c25-13-5-12(22-17(27)23-13)15(26)21-10-3-1-2-9(4-10)7-28-16-11-6-20-24-14(11)18-8-19-16/h1-6,8H,7H2,(H,21,26)(H,18,19,20,24)(H2,22,23,25,27). The number of fused-ring (bicyclic) bond motifs is 1. The molecule has 0 aliphatic carbocycles. The van der Waals surface area contributed by atoms with Crippen LogP contribution in [-0.4, -0.2) is 36.0 Å². The second-order valence-electron chi connectivity index (χ2n) is 5.76. The van der Waals surface area contributed by atoms with Crippen LogP contribution < -0.4 is 16.6 Å². The second-order valence-corrected chi connectivity index (χ2v) is 6.72. The van der Waals surface area contributed by atoms with Crippen molar-refractivity contribution < 1.29 is 4.79 Å². The van der Waals surface area contributed by atoms with Gasteiger partial charge < -0.3 is 10.3 Å². The van der Waals surface area contributed by atoms with Gasteiger partial charge in [-0.2, -0.15) is 5.10 Å². The monoisotopic (exact) mass is 395 g/mol. The molecule has 140 valence electrons. The molecule has 4 N–H and O–H groups in total. The van der Waals surface area contributed by atoms with Gasteiger partial charge in [-0.25, -0.2) is 14.8 Å². The topological polar surface area (TPSA) is 149 Å². The first-order chi connectivity index (χ1) is 13.6. The molecule has 11 heteroatoms. The lowest BCUT2D eigenvalue weighted by atomic mass is 10.2. The molecule has 3 aromatic heterocycles. The highest BCUT2D eigenvalue weighted by molar-refractivity contribution is 7.98. The summed E-state index contributed by atoms with van der Waals surface area (Å²) < 4.78 is 0. The van der Waals surface area contributed by atoms with E-state index in [1.807, 2.05) is 17.1 Å². The average molecular weight is 395 g/mol. The number of carbonyl (C=O) groups is 1. The summed E-state index contributed by atoms with van der Waals surface area (Å²) in [4.78, 5) is 47.6. The van der Waals surface area contributed by atoms with Crippen molar-refractivity contribution >= 4 is 34.4 Å².